The van der Waals surface area contributed by atoms with Gasteiger partial charge in [-0.1, -0.05) is 24.3 Å². The largest absolute Gasteiger partial charge is 0.497 e. The molecule has 0 spiro atoms. The normalized spacial score (nSPS) is 11.3. The predicted molar refractivity (Wildman–Crippen MR) is 100 cm³/mol. The summed E-state index contributed by atoms with van der Waals surface area (Å²) in [5.41, 5.74) is 3.46. The molecule has 2 aromatic carbocycles. The van der Waals surface area contributed by atoms with E-state index in [4.69, 9.17) is 9.15 Å². The summed E-state index contributed by atoms with van der Waals surface area (Å²) in [5.74, 6) is 1.24. The molecule has 8 heteroatoms. The molecule has 0 aliphatic carbocycles. The molecule has 3 heterocycles. The van der Waals surface area contributed by atoms with E-state index in [1.165, 1.54) is 11.3 Å². The number of hydrogen-bond acceptors (Lipinski definition) is 7. The number of methoxy groups -OCH3 is 1. The molecule has 5 rings (SSSR count). The SMILES string of the molecule is COc1cccc(-c2csc3nc(Nc4nc5ccccc5o4)nn23)c1. The summed E-state index contributed by atoms with van der Waals surface area (Å²) in [6.45, 7) is 0. The highest BCUT2D eigenvalue weighted by Gasteiger charge is 2.14. The minimum Gasteiger partial charge on any atom is -0.497 e. The highest BCUT2D eigenvalue weighted by atomic mass is 32.1. The zero-order chi connectivity index (χ0) is 17.5. The fourth-order valence-corrected chi connectivity index (χ4v) is 3.57. The van der Waals surface area contributed by atoms with Crippen LogP contribution in [0.3, 0.4) is 0 Å². The molecule has 5 aromatic rings. The number of aromatic nitrogens is 4. The molecule has 26 heavy (non-hydrogen) atoms. The molecule has 7 nitrogen and oxygen atoms in total. The topological polar surface area (TPSA) is 77.5 Å². The van der Waals surface area contributed by atoms with Crippen molar-refractivity contribution in [1.29, 1.82) is 0 Å². The van der Waals surface area contributed by atoms with E-state index in [9.17, 15) is 0 Å². The fraction of sp³-hybridized carbons (Fsp3) is 0.0556. The van der Waals surface area contributed by atoms with Gasteiger partial charge in [0.25, 0.3) is 5.95 Å². The van der Waals surface area contributed by atoms with E-state index in [0.29, 0.717) is 17.5 Å². The molecule has 3 aromatic heterocycles. The number of rotatable bonds is 4. The van der Waals surface area contributed by atoms with Crippen molar-refractivity contribution in [3.63, 3.8) is 0 Å². The van der Waals surface area contributed by atoms with Gasteiger partial charge in [-0.2, -0.15) is 9.97 Å². The lowest BCUT2D eigenvalue weighted by atomic mass is 10.2. The number of ether oxygens (including phenoxy) is 1. The molecule has 0 atom stereocenters. The van der Waals surface area contributed by atoms with Crippen LogP contribution in [-0.2, 0) is 0 Å². The van der Waals surface area contributed by atoms with Gasteiger partial charge in [-0.25, -0.2) is 4.52 Å². The number of oxazole rings is 1. The minimum atomic E-state index is 0.368. The summed E-state index contributed by atoms with van der Waals surface area (Å²) in [4.78, 5) is 9.66. The first kappa shape index (κ1) is 14.9. The van der Waals surface area contributed by atoms with Crippen LogP contribution in [0, 0.1) is 0 Å². The van der Waals surface area contributed by atoms with Gasteiger partial charge in [0.05, 0.1) is 12.8 Å². The summed E-state index contributed by atoms with van der Waals surface area (Å²) in [5, 5.41) is 9.59. The van der Waals surface area contributed by atoms with Crippen molar-refractivity contribution in [2.24, 2.45) is 0 Å². The molecule has 1 N–H and O–H groups in total. The van der Waals surface area contributed by atoms with Crippen LogP contribution in [0.15, 0.2) is 58.3 Å². The third kappa shape index (κ3) is 2.47. The van der Waals surface area contributed by atoms with Gasteiger partial charge in [0.1, 0.15) is 11.3 Å². The van der Waals surface area contributed by atoms with Gasteiger partial charge in [-0.15, -0.1) is 16.4 Å². The average Bonchev–Trinajstić information content (AvgIpc) is 3.35. The van der Waals surface area contributed by atoms with Crippen molar-refractivity contribution >= 4 is 39.4 Å². The molecule has 0 aliphatic heterocycles. The van der Waals surface area contributed by atoms with Gasteiger partial charge in [-0.3, -0.25) is 5.32 Å². The van der Waals surface area contributed by atoms with Crippen LogP contribution in [0.4, 0.5) is 12.0 Å². The summed E-state index contributed by atoms with van der Waals surface area (Å²) in [7, 11) is 1.65. The van der Waals surface area contributed by atoms with Gasteiger partial charge in [0, 0.05) is 10.9 Å². The standard InChI is InChI=1S/C18H13N5O2S/c1-24-12-6-4-5-11(9-12)14-10-26-18-21-16(22-23(14)18)20-17-19-13-7-2-3-8-15(13)25-17/h2-10H,1H3,(H,19,20,22). The fourth-order valence-electron chi connectivity index (χ4n) is 2.74. The van der Waals surface area contributed by atoms with E-state index in [1.807, 2.05) is 53.9 Å². The smallest absolute Gasteiger partial charge is 0.302 e. The van der Waals surface area contributed by atoms with E-state index < -0.39 is 0 Å². The van der Waals surface area contributed by atoms with Gasteiger partial charge in [0.15, 0.2) is 5.58 Å². The molecule has 0 unspecified atom stereocenters. The van der Waals surface area contributed by atoms with Gasteiger partial charge >= 0.3 is 6.01 Å². The summed E-state index contributed by atoms with van der Waals surface area (Å²) < 4.78 is 12.8. The van der Waals surface area contributed by atoms with E-state index in [0.717, 1.165) is 27.5 Å². The van der Waals surface area contributed by atoms with E-state index in [2.05, 4.69) is 20.4 Å². The van der Waals surface area contributed by atoms with Crippen LogP contribution in [0.2, 0.25) is 0 Å². The lowest BCUT2D eigenvalue weighted by Crippen LogP contribution is -1.94. The number of hydrogen-bond donors (Lipinski definition) is 1. The third-order valence-electron chi connectivity index (χ3n) is 3.96. The number of benzene rings is 2. The lowest BCUT2D eigenvalue weighted by Gasteiger charge is -2.02. The van der Waals surface area contributed by atoms with Gasteiger partial charge in [-0.05, 0) is 24.3 Å². The number of para-hydroxylation sites is 2. The Morgan fingerprint density at radius 1 is 1.12 bits per heavy atom. The van der Waals surface area contributed by atoms with Crippen molar-refractivity contribution in [3.8, 4) is 17.0 Å². The van der Waals surface area contributed by atoms with E-state index >= 15 is 0 Å². The molecule has 0 aliphatic rings. The molecule has 0 radical (unpaired) electrons. The van der Waals surface area contributed by atoms with E-state index in [-0.39, 0.29) is 0 Å². The highest BCUT2D eigenvalue weighted by Crippen LogP contribution is 2.29. The first-order valence-electron chi connectivity index (χ1n) is 7.91. The maximum Gasteiger partial charge on any atom is 0.302 e. The van der Waals surface area contributed by atoms with Crippen LogP contribution in [-0.4, -0.2) is 26.7 Å². The van der Waals surface area contributed by atoms with Gasteiger partial charge in [0.2, 0.25) is 4.96 Å². The molecule has 128 valence electrons. The Labute approximate surface area is 151 Å². The van der Waals surface area contributed by atoms with Crippen molar-refractivity contribution in [2.45, 2.75) is 0 Å². The Morgan fingerprint density at radius 2 is 2.04 bits per heavy atom. The molecular formula is C18H13N5O2S. The maximum atomic E-state index is 5.67. The van der Waals surface area contributed by atoms with Crippen molar-refractivity contribution < 1.29 is 9.15 Å². The number of fused-ring (bicyclic) bond motifs is 2. The zero-order valence-corrected chi connectivity index (χ0v) is 14.5. The second-order valence-electron chi connectivity index (χ2n) is 5.59. The molecule has 0 amide bonds. The first-order chi connectivity index (χ1) is 12.8. The second kappa shape index (κ2) is 5.85. The Hall–Kier alpha value is -3.39. The van der Waals surface area contributed by atoms with E-state index in [1.54, 1.807) is 11.6 Å². The molecule has 0 fully saturated rings. The average molecular weight is 363 g/mol. The Morgan fingerprint density at radius 3 is 2.92 bits per heavy atom. The Balaban J connectivity index is 1.51. The third-order valence-corrected chi connectivity index (χ3v) is 4.78. The molecule has 0 saturated carbocycles. The van der Waals surface area contributed by atoms with Crippen LogP contribution in [0.5, 0.6) is 5.75 Å². The number of nitrogens with zero attached hydrogens (tertiary/aromatic N) is 4. The highest BCUT2D eigenvalue weighted by molar-refractivity contribution is 7.15. The first-order valence-corrected chi connectivity index (χ1v) is 8.79. The second-order valence-corrected chi connectivity index (χ2v) is 6.43. The van der Waals surface area contributed by atoms with Crippen molar-refractivity contribution in [1.82, 2.24) is 19.6 Å². The predicted octanol–water partition coefficient (Wildman–Crippen LogP) is 4.35. The molecular weight excluding hydrogens is 350 g/mol. The summed E-state index contributed by atoms with van der Waals surface area (Å²) in [6.07, 6.45) is 0. The van der Waals surface area contributed by atoms with Crippen LogP contribution < -0.4 is 10.1 Å². The van der Waals surface area contributed by atoms with Crippen LogP contribution in [0.1, 0.15) is 0 Å². The number of thiazole rings is 1. The van der Waals surface area contributed by atoms with Gasteiger partial charge < -0.3 is 9.15 Å². The van der Waals surface area contributed by atoms with Crippen molar-refractivity contribution in [3.05, 3.63) is 53.9 Å². The molecule has 0 bridgehead atoms. The van der Waals surface area contributed by atoms with Crippen LogP contribution >= 0.6 is 11.3 Å². The Kier molecular flexibility index (Phi) is 3.36. The Bertz CT molecular complexity index is 1190. The van der Waals surface area contributed by atoms with Crippen LogP contribution in [0.25, 0.3) is 27.3 Å². The van der Waals surface area contributed by atoms with Crippen molar-refractivity contribution in [2.75, 3.05) is 12.4 Å². The maximum absolute atomic E-state index is 5.67. The number of nitrogens with one attached hydrogen (secondary N) is 1. The molecule has 0 saturated heterocycles. The monoisotopic (exact) mass is 363 g/mol. The zero-order valence-electron chi connectivity index (χ0n) is 13.7. The summed E-state index contributed by atoms with van der Waals surface area (Å²) in [6, 6.07) is 15.8. The minimum absolute atomic E-state index is 0.368. The summed E-state index contributed by atoms with van der Waals surface area (Å²) >= 11 is 1.52. The number of anilines is 2. The quantitative estimate of drug-likeness (QED) is 0.511. The lowest BCUT2D eigenvalue weighted by molar-refractivity contribution is 0.415.